The van der Waals surface area contributed by atoms with Gasteiger partial charge in [-0.3, -0.25) is 4.79 Å². The zero-order valence-corrected chi connectivity index (χ0v) is 9.97. The molecule has 0 saturated heterocycles. The van der Waals surface area contributed by atoms with E-state index in [4.69, 9.17) is 9.47 Å². The van der Waals surface area contributed by atoms with Crippen LogP contribution in [0.4, 0.5) is 0 Å². The molecule has 0 aromatic heterocycles. The molecule has 4 nitrogen and oxygen atoms in total. The number of ether oxygens (including phenoxy) is 2. The van der Waals surface area contributed by atoms with E-state index in [2.05, 4.69) is 0 Å². The zero-order valence-electron chi connectivity index (χ0n) is 9.97. The summed E-state index contributed by atoms with van der Waals surface area (Å²) in [5, 5.41) is 9.88. The van der Waals surface area contributed by atoms with Gasteiger partial charge in [0, 0.05) is 6.92 Å². The average molecular weight is 236 g/mol. The van der Waals surface area contributed by atoms with Crippen LogP contribution in [-0.2, 0) is 16.0 Å². The number of aliphatic hydroxyl groups is 1. The van der Waals surface area contributed by atoms with Gasteiger partial charge in [0.25, 0.3) is 0 Å². The van der Waals surface area contributed by atoms with Crippen molar-refractivity contribution in [3.63, 3.8) is 0 Å². The third-order valence-corrected chi connectivity index (χ3v) is 3.01. The SMILES string of the molecule is COc1ccc2c(c1)CCC(O)C2OC(C)=O. The molecule has 0 saturated carbocycles. The molecular weight excluding hydrogens is 220 g/mol. The number of aliphatic hydroxyl groups excluding tert-OH is 1. The lowest BCUT2D eigenvalue weighted by atomic mass is 9.87. The highest BCUT2D eigenvalue weighted by molar-refractivity contribution is 5.66. The van der Waals surface area contributed by atoms with E-state index in [-0.39, 0.29) is 5.97 Å². The molecule has 92 valence electrons. The minimum absolute atomic E-state index is 0.377. The third-order valence-electron chi connectivity index (χ3n) is 3.01. The lowest BCUT2D eigenvalue weighted by molar-refractivity contribution is -0.153. The molecule has 17 heavy (non-hydrogen) atoms. The number of carbonyl (C=O) groups excluding carboxylic acids is 1. The van der Waals surface area contributed by atoms with Crippen molar-refractivity contribution in [3.05, 3.63) is 29.3 Å². The Bertz CT molecular complexity index is 427. The zero-order chi connectivity index (χ0) is 12.4. The van der Waals surface area contributed by atoms with Crippen molar-refractivity contribution in [2.45, 2.75) is 32.0 Å². The van der Waals surface area contributed by atoms with E-state index < -0.39 is 12.2 Å². The molecule has 0 spiro atoms. The maximum Gasteiger partial charge on any atom is 0.303 e. The standard InChI is InChI=1S/C13H16O4/c1-8(14)17-13-11-5-4-10(16-2)7-9(11)3-6-12(13)15/h4-5,7,12-13,15H,3,6H2,1-2H3. The Morgan fingerprint density at radius 2 is 2.24 bits per heavy atom. The monoisotopic (exact) mass is 236 g/mol. The molecule has 1 N–H and O–H groups in total. The van der Waals surface area contributed by atoms with Gasteiger partial charge >= 0.3 is 5.97 Å². The number of hydrogen-bond donors (Lipinski definition) is 1. The fraction of sp³-hybridized carbons (Fsp3) is 0.462. The predicted molar refractivity (Wildman–Crippen MR) is 61.8 cm³/mol. The molecule has 2 unspecified atom stereocenters. The number of benzene rings is 1. The molecule has 2 atom stereocenters. The summed E-state index contributed by atoms with van der Waals surface area (Å²) in [7, 11) is 1.61. The van der Waals surface area contributed by atoms with Crippen molar-refractivity contribution in [2.75, 3.05) is 7.11 Å². The fourth-order valence-corrected chi connectivity index (χ4v) is 2.19. The van der Waals surface area contributed by atoms with Gasteiger partial charge < -0.3 is 14.6 Å². The smallest absolute Gasteiger partial charge is 0.303 e. The Labute approximate surface area is 100 Å². The maximum absolute atomic E-state index is 11.0. The number of esters is 1. The molecular formula is C13H16O4. The van der Waals surface area contributed by atoms with Crippen LogP contribution in [0, 0.1) is 0 Å². The summed E-state index contributed by atoms with van der Waals surface area (Å²) in [4.78, 5) is 11.0. The summed E-state index contributed by atoms with van der Waals surface area (Å²) in [6.45, 7) is 1.35. The first kappa shape index (κ1) is 11.9. The Balaban J connectivity index is 2.34. The van der Waals surface area contributed by atoms with Crippen molar-refractivity contribution in [1.82, 2.24) is 0 Å². The quantitative estimate of drug-likeness (QED) is 0.792. The van der Waals surface area contributed by atoms with E-state index in [1.54, 1.807) is 7.11 Å². The highest BCUT2D eigenvalue weighted by Crippen LogP contribution is 2.34. The summed E-state index contributed by atoms with van der Waals surface area (Å²) in [6.07, 6.45) is 0.186. The van der Waals surface area contributed by atoms with E-state index in [0.717, 1.165) is 23.3 Å². The molecule has 1 aromatic rings. The first-order valence-electron chi connectivity index (χ1n) is 5.64. The van der Waals surface area contributed by atoms with Crippen LogP contribution in [-0.4, -0.2) is 24.3 Å². The van der Waals surface area contributed by atoms with Gasteiger partial charge in [-0.2, -0.15) is 0 Å². The van der Waals surface area contributed by atoms with Crippen LogP contribution in [0.3, 0.4) is 0 Å². The van der Waals surface area contributed by atoms with E-state index in [9.17, 15) is 9.90 Å². The van der Waals surface area contributed by atoms with Crippen LogP contribution in [0.25, 0.3) is 0 Å². The van der Waals surface area contributed by atoms with Crippen LogP contribution in [0.15, 0.2) is 18.2 Å². The lowest BCUT2D eigenvalue weighted by Crippen LogP contribution is -2.28. The van der Waals surface area contributed by atoms with Crippen LogP contribution in [0.1, 0.15) is 30.6 Å². The van der Waals surface area contributed by atoms with Crippen molar-refractivity contribution in [2.24, 2.45) is 0 Å². The van der Waals surface area contributed by atoms with Crippen molar-refractivity contribution in [3.8, 4) is 5.75 Å². The third kappa shape index (κ3) is 2.42. The number of rotatable bonds is 2. The van der Waals surface area contributed by atoms with Gasteiger partial charge in [-0.1, -0.05) is 6.07 Å². The summed E-state index contributed by atoms with van der Waals surface area (Å²) in [6, 6.07) is 5.59. The van der Waals surface area contributed by atoms with E-state index in [1.807, 2.05) is 18.2 Å². The molecule has 0 radical (unpaired) electrons. The van der Waals surface area contributed by atoms with Gasteiger partial charge in [-0.15, -0.1) is 0 Å². The number of carbonyl (C=O) groups is 1. The van der Waals surface area contributed by atoms with Crippen molar-refractivity contribution in [1.29, 1.82) is 0 Å². The van der Waals surface area contributed by atoms with E-state index >= 15 is 0 Å². The predicted octanol–water partition coefficient (Wildman–Crippen LogP) is 1.61. The molecule has 1 aromatic carbocycles. The van der Waals surface area contributed by atoms with Crippen LogP contribution >= 0.6 is 0 Å². The second-order valence-corrected chi connectivity index (χ2v) is 4.20. The first-order chi connectivity index (χ1) is 8.11. The Kier molecular flexibility index (Phi) is 3.33. The Morgan fingerprint density at radius 1 is 1.47 bits per heavy atom. The summed E-state index contributed by atoms with van der Waals surface area (Å²) >= 11 is 0. The number of hydrogen-bond acceptors (Lipinski definition) is 4. The van der Waals surface area contributed by atoms with Crippen molar-refractivity contribution < 1.29 is 19.4 Å². The highest BCUT2D eigenvalue weighted by Gasteiger charge is 2.30. The van der Waals surface area contributed by atoms with Crippen LogP contribution in [0.5, 0.6) is 5.75 Å². The van der Waals surface area contributed by atoms with Gasteiger partial charge in [0.15, 0.2) is 6.10 Å². The van der Waals surface area contributed by atoms with Gasteiger partial charge in [-0.25, -0.2) is 0 Å². The van der Waals surface area contributed by atoms with Gasteiger partial charge in [0.2, 0.25) is 0 Å². The molecule has 0 amide bonds. The normalized spacial score (nSPS) is 22.8. The topological polar surface area (TPSA) is 55.8 Å². The molecule has 2 rings (SSSR count). The number of methoxy groups -OCH3 is 1. The molecule has 0 heterocycles. The summed E-state index contributed by atoms with van der Waals surface area (Å²) < 4.78 is 10.3. The maximum atomic E-state index is 11.0. The van der Waals surface area contributed by atoms with E-state index in [1.165, 1.54) is 6.92 Å². The summed E-state index contributed by atoms with van der Waals surface area (Å²) in [5.74, 6) is 0.402. The lowest BCUT2D eigenvalue weighted by Gasteiger charge is -2.29. The Morgan fingerprint density at radius 3 is 2.88 bits per heavy atom. The molecule has 0 fully saturated rings. The van der Waals surface area contributed by atoms with Crippen LogP contribution in [0.2, 0.25) is 0 Å². The molecule has 1 aliphatic rings. The highest BCUT2D eigenvalue weighted by atomic mass is 16.6. The van der Waals surface area contributed by atoms with Crippen LogP contribution < -0.4 is 4.74 Å². The Hall–Kier alpha value is -1.55. The average Bonchev–Trinajstić information content (AvgIpc) is 2.32. The van der Waals surface area contributed by atoms with Gasteiger partial charge in [-0.05, 0) is 36.1 Å². The fourth-order valence-electron chi connectivity index (χ4n) is 2.19. The minimum Gasteiger partial charge on any atom is -0.497 e. The first-order valence-corrected chi connectivity index (χ1v) is 5.64. The number of aryl methyl sites for hydroxylation is 1. The molecule has 1 aliphatic carbocycles. The van der Waals surface area contributed by atoms with Gasteiger partial charge in [0.05, 0.1) is 13.2 Å². The van der Waals surface area contributed by atoms with E-state index in [0.29, 0.717) is 6.42 Å². The molecule has 0 aliphatic heterocycles. The number of fused-ring (bicyclic) bond motifs is 1. The van der Waals surface area contributed by atoms with Gasteiger partial charge in [0.1, 0.15) is 5.75 Å². The second-order valence-electron chi connectivity index (χ2n) is 4.20. The second kappa shape index (κ2) is 4.75. The van der Waals surface area contributed by atoms with Crippen molar-refractivity contribution >= 4 is 5.97 Å². The molecule has 0 bridgehead atoms. The minimum atomic E-state index is -0.625. The largest absolute Gasteiger partial charge is 0.497 e. The summed E-state index contributed by atoms with van der Waals surface area (Å²) in [5.41, 5.74) is 1.95. The molecule has 4 heteroatoms.